The lowest BCUT2D eigenvalue weighted by Crippen LogP contribution is -2.42. The van der Waals surface area contributed by atoms with Crippen molar-refractivity contribution >= 4 is 18.0 Å². The fourth-order valence-electron chi connectivity index (χ4n) is 3.23. The zero-order valence-electron chi connectivity index (χ0n) is 21.2. The molecule has 3 N–H and O–H groups in total. The van der Waals surface area contributed by atoms with Crippen LogP contribution in [0.3, 0.4) is 0 Å². The summed E-state index contributed by atoms with van der Waals surface area (Å²) < 4.78 is 10.9. The number of carboxylic acids is 1. The summed E-state index contributed by atoms with van der Waals surface area (Å²) in [6, 6.07) is 6.36. The highest BCUT2D eigenvalue weighted by atomic mass is 16.6. The minimum atomic E-state index is -1.04. The summed E-state index contributed by atoms with van der Waals surface area (Å²) in [5.41, 5.74) is 0.340. The van der Waals surface area contributed by atoms with Crippen LogP contribution < -0.4 is 15.4 Å². The van der Waals surface area contributed by atoms with Gasteiger partial charge >= 0.3 is 12.1 Å². The molecule has 1 aromatic rings. The third-order valence-corrected chi connectivity index (χ3v) is 5.01. The van der Waals surface area contributed by atoms with E-state index in [1.165, 1.54) is 0 Å². The van der Waals surface area contributed by atoms with Crippen molar-refractivity contribution in [3.8, 4) is 5.75 Å². The number of ether oxygens (including phenoxy) is 2. The smallest absolute Gasteiger partial charge is 0.407 e. The summed E-state index contributed by atoms with van der Waals surface area (Å²) in [5, 5.41) is 14.8. The highest BCUT2D eigenvalue weighted by molar-refractivity contribution is 5.83. The Kier molecular flexibility index (Phi) is 13.7. The van der Waals surface area contributed by atoms with E-state index in [4.69, 9.17) is 9.47 Å². The van der Waals surface area contributed by atoms with E-state index in [1.54, 1.807) is 0 Å². The van der Waals surface area contributed by atoms with E-state index >= 15 is 0 Å². The summed E-state index contributed by atoms with van der Waals surface area (Å²) in [5.74, 6) is -0.530. The van der Waals surface area contributed by atoms with Crippen molar-refractivity contribution < 1.29 is 29.0 Å². The van der Waals surface area contributed by atoms with Crippen molar-refractivity contribution in [3.63, 3.8) is 0 Å². The molecule has 0 saturated carbocycles. The number of carbonyl (C=O) groups excluding carboxylic acids is 2. The summed E-state index contributed by atoms with van der Waals surface area (Å²) in [6.07, 6.45) is 6.69. The van der Waals surface area contributed by atoms with Gasteiger partial charge in [0.05, 0.1) is 6.61 Å². The lowest BCUT2D eigenvalue weighted by atomic mass is 10.1. The molecular weight excluding hydrogens is 436 g/mol. The lowest BCUT2D eigenvalue weighted by molar-refractivity contribution is -0.141. The molecule has 0 heterocycles. The molecule has 1 atom stereocenters. The number of amides is 2. The molecule has 0 spiro atoms. The van der Waals surface area contributed by atoms with Gasteiger partial charge in [-0.3, -0.25) is 4.79 Å². The molecule has 1 aromatic carbocycles. The second kappa shape index (κ2) is 16.0. The SMILES string of the molecule is CCCCCC(=O)NC(Cc1ccc(OCCCCCCNC(=O)OC(C)(C)C)cc1)C(=O)O. The van der Waals surface area contributed by atoms with Crippen LogP contribution >= 0.6 is 0 Å². The van der Waals surface area contributed by atoms with Gasteiger partial charge < -0.3 is 25.2 Å². The van der Waals surface area contributed by atoms with Gasteiger partial charge in [-0.05, 0) is 57.7 Å². The van der Waals surface area contributed by atoms with E-state index in [0.29, 0.717) is 19.6 Å². The molecule has 0 radical (unpaired) electrons. The Bertz CT molecular complexity index is 743. The zero-order valence-corrected chi connectivity index (χ0v) is 21.2. The van der Waals surface area contributed by atoms with Crippen molar-refractivity contribution in [2.24, 2.45) is 0 Å². The van der Waals surface area contributed by atoms with Crippen molar-refractivity contribution in [2.45, 2.75) is 97.1 Å². The highest BCUT2D eigenvalue weighted by Crippen LogP contribution is 2.15. The van der Waals surface area contributed by atoms with Crippen LogP contribution in [0.1, 0.15) is 84.6 Å². The van der Waals surface area contributed by atoms with Crippen LogP contribution in [0.15, 0.2) is 24.3 Å². The molecule has 0 aliphatic heterocycles. The quantitative estimate of drug-likeness (QED) is 0.293. The summed E-state index contributed by atoms with van der Waals surface area (Å²) >= 11 is 0. The number of alkyl carbamates (subject to hydrolysis) is 1. The Morgan fingerprint density at radius 2 is 1.65 bits per heavy atom. The van der Waals surface area contributed by atoms with Crippen LogP contribution in [0.25, 0.3) is 0 Å². The molecule has 0 saturated heterocycles. The number of aliphatic carboxylic acids is 1. The number of nitrogens with one attached hydrogen (secondary N) is 2. The summed E-state index contributed by atoms with van der Waals surface area (Å²) in [7, 11) is 0. The largest absolute Gasteiger partial charge is 0.494 e. The highest BCUT2D eigenvalue weighted by Gasteiger charge is 2.20. The second-order valence-electron chi connectivity index (χ2n) is 9.45. The lowest BCUT2D eigenvalue weighted by Gasteiger charge is -2.19. The van der Waals surface area contributed by atoms with Crippen LogP contribution in [0.5, 0.6) is 5.75 Å². The Labute approximate surface area is 203 Å². The summed E-state index contributed by atoms with van der Waals surface area (Å²) in [6.45, 7) is 8.74. The standard InChI is InChI=1S/C26H42N2O6/c1-5-6-9-12-23(29)28-22(24(30)31)19-20-13-15-21(16-14-20)33-18-11-8-7-10-17-27-25(32)34-26(2,3)4/h13-16,22H,5-12,17-19H2,1-4H3,(H,27,32)(H,28,29)(H,30,31). The van der Waals surface area contributed by atoms with Crippen LogP contribution in [0.4, 0.5) is 4.79 Å². The molecule has 1 rings (SSSR count). The van der Waals surface area contributed by atoms with Crippen molar-refractivity contribution in [1.29, 1.82) is 0 Å². The number of carboxylic acid groups (broad SMARTS) is 1. The monoisotopic (exact) mass is 478 g/mol. The van der Waals surface area contributed by atoms with Crippen molar-refractivity contribution in [2.75, 3.05) is 13.2 Å². The molecule has 0 aromatic heterocycles. The first-order valence-electron chi connectivity index (χ1n) is 12.3. The molecule has 8 nitrogen and oxygen atoms in total. The van der Waals surface area contributed by atoms with E-state index in [0.717, 1.165) is 56.3 Å². The van der Waals surface area contributed by atoms with E-state index in [2.05, 4.69) is 17.6 Å². The van der Waals surface area contributed by atoms with Gasteiger partial charge in [0.25, 0.3) is 0 Å². The summed E-state index contributed by atoms with van der Waals surface area (Å²) in [4.78, 5) is 35.1. The predicted octanol–water partition coefficient (Wildman–Crippen LogP) is 4.84. The topological polar surface area (TPSA) is 114 Å². The van der Waals surface area contributed by atoms with E-state index in [1.807, 2.05) is 45.0 Å². The third-order valence-electron chi connectivity index (χ3n) is 5.01. The maximum atomic E-state index is 12.0. The Morgan fingerprint density at radius 3 is 2.26 bits per heavy atom. The van der Waals surface area contributed by atoms with Gasteiger partial charge in [0.15, 0.2) is 0 Å². The number of carbonyl (C=O) groups is 3. The number of hydrogen-bond donors (Lipinski definition) is 3. The molecule has 0 aliphatic rings. The zero-order chi connectivity index (χ0) is 25.4. The molecule has 1 unspecified atom stereocenters. The van der Waals surface area contributed by atoms with Gasteiger partial charge in [-0.15, -0.1) is 0 Å². The van der Waals surface area contributed by atoms with Gasteiger partial charge in [-0.25, -0.2) is 9.59 Å². The minimum Gasteiger partial charge on any atom is -0.494 e. The fourth-order valence-corrected chi connectivity index (χ4v) is 3.23. The minimum absolute atomic E-state index is 0.221. The first-order chi connectivity index (χ1) is 16.1. The Hall–Kier alpha value is -2.77. The van der Waals surface area contributed by atoms with Gasteiger partial charge in [0.2, 0.25) is 5.91 Å². The first kappa shape index (κ1) is 29.3. The van der Waals surface area contributed by atoms with Crippen molar-refractivity contribution in [3.05, 3.63) is 29.8 Å². The van der Waals surface area contributed by atoms with Crippen LogP contribution in [-0.2, 0) is 20.7 Å². The van der Waals surface area contributed by atoms with Gasteiger partial charge in [-0.2, -0.15) is 0 Å². The van der Waals surface area contributed by atoms with E-state index in [-0.39, 0.29) is 18.4 Å². The first-order valence-corrected chi connectivity index (χ1v) is 12.3. The molecule has 34 heavy (non-hydrogen) atoms. The maximum absolute atomic E-state index is 12.0. The average Bonchev–Trinajstić information content (AvgIpc) is 2.75. The van der Waals surface area contributed by atoms with Crippen molar-refractivity contribution in [1.82, 2.24) is 10.6 Å². The van der Waals surface area contributed by atoms with Crippen LogP contribution in [0, 0.1) is 0 Å². The second-order valence-corrected chi connectivity index (χ2v) is 9.45. The van der Waals surface area contributed by atoms with Gasteiger partial charge in [-0.1, -0.05) is 44.7 Å². The normalized spacial score (nSPS) is 12.0. The number of benzene rings is 1. The van der Waals surface area contributed by atoms with Crippen LogP contribution in [-0.4, -0.2) is 47.9 Å². The number of hydrogen-bond acceptors (Lipinski definition) is 5. The van der Waals surface area contributed by atoms with Gasteiger partial charge in [0.1, 0.15) is 17.4 Å². The Balaban J connectivity index is 2.24. The fraction of sp³-hybridized carbons (Fsp3) is 0.654. The third kappa shape index (κ3) is 14.4. The molecule has 0 aliphatic carbocycles. The van der Waals surface area contributed by atoms with E-state index in [9.17, 15) is 19.5 Å². The Morgan fingerprint density at radius 1 is 0.971 bits per heavy atom. The van der Waals surface area contributed by atoms with Crippen LogP contribution in [0.2, 0.25) is 0 Å². The molecule has 0 bridgehead atoms. The predicted molar refractivity (Wildman–Crippen MR) is 132 cm³/mol. The maximum Gasteiger partial charge on any atom is 0.407 e. The molecule has 2 amide bonds. The molecule has 192 valence electrons. The average molecular weight is 479 g/mol. The number of unbranched alkanes of at least 4 members (excludes halogenated alkanes) is 5. The molecular formula is C26H42N2O6. The molecule has 8 heteroatoms. The molecule has 0 fully saturated rings. The van der Waals surface area contributed by atoms with Gasteiger partial charge in [0, 0.05) is 19.4 Å². The number of rotatable bonds is 16. The van der Waals surface area contributed by atoms with E-state index < -0.39 is 17.6 Å².